The van der Waals surface area contributed by atoms with Crippen LogP contribution >= 0.6 is 0 Å². The second-order valence-corrected chi connectivity index (χ2v) is 6.52. The molecule has 21 heavy (non-hydrogen) atoms. The van der Waals surface area contributed by atoms with E-state index in [1.54, 1.807) is 19.9 Å². The third-order valence-electron chi connectivity index (χ3n) is 3.68. The highest BCUT2D eigenvalue weighted by atomic mass is 28.2. The molecule has 122 valence electrons. The Hall–Kier alpha value is -1.10. The normalized spacial score (nSPS) is 12.4. The molecule has 0 aromatic heterocycles. The van der Waals surface area contributed by atoms with Crippen LogP contribution in [0.5, 0.6) is 0 Å². The second kappa shape index (κ2) is 10.6. The Kier molecular flexibility index (Phi) is 10.0. The molecule has 0 amide bonds. The van der Waals surface area contributed by atoms with Crippen LogP contribution < -0.4 is 0 Å². The van der Waals surface area contributed by atoms with Gasteiger partial charge in [0.2, 0.25) is 10.5 Å². The number of aliphatic carboxylic acids is 1. The Labute approximate surface area is 131 Å². The lowest BCUT2D eigenvalue weighted by atomic mass is 9.80. The Morgan fingerprint density at radius 1 is 1.14 bits per heavy atom. The quantitative estimate of drug-likeness (QED) is 0.362. The van der Waals surface area contributed by atoms with Gasteiger partial charge in [0.05, 0.1) is 6.42 Å². The molecule has 0 bridgehead atoms. The van der Waals surface area contributed by atoms with E-state index in [2.05, 4.69) is 6.92 Å². The fourth-order valence-corrected chi connectivity index (χ4v) is 2.50. The molecule has 0 aromatic carbocycles. The summed E-state index contributed by atoms with van der Waals surface area (Å²) >= 11 is 0. The van der Waals surface area contributed by atoms with E-state index < -0.39 is 11.4 Å². The van der Waals surface area contributed by atoms with E-state index in [-0.39, 0.29) is 12.4 Å². The molecule has 0 saturated heterocycles. The zero-order valence-corrected chi connectivity index (χ0v) is 15.9. The van der Waals surface area contributed by atoms with Crippen LogP contribution in [0, 0.1) is 5.41 Å². The minimum Gasteiger partial charge on any atom is -0.529 e. The van der Waals surface area contributed by atoms with Crippen molar-refractivity contribution in [3.63, 3.8) is 0 Å². The van der Waals surface area contributed by atoms with Crippen molar-refractivity contribution in [3.8, 4) is 0 Å². The van der Waals surface area contributed by atoms with Crippen molar-refractivity contribution in [2.45, 2.75) is 72.1 Å². The van der Waals surface area contributed by atoms with Crippen molar-refractivity contribution in [1.29, 1.82) is 0 Å². The highest BCUT2D eigenvalue weighted by molar-refractivity contribution is 6.05. The van der Waals surface area contributed by atoms with E-state index >= 15 is 0 Å². The number of hydrogen-bond donors (Lipinski definition) is 1. The van der Waals surface area contributed by atoms with Crippen molar-refractivity contribution in [2.75, 3.05) is 0 Å². The van der Waals surface area contributed by atoms with Crippen LogP contribution in [0.15, 0.2) is 11.6 Å². The van der Waals surface area contributed by atoms with Gasteiger partial charge < -0.3 is 9.53 Å². The van der Waals surface area contributed by atoms with Crippen LogP contribution in [0.25, 0.3) is 0 Å². The first-order valence-electron chi connectivity index (χ1n) is 7.86. The van der Waals surface area contributed by atoms with Crippen LogP contribution in [0.4, 0.5) is 0 Å². The average Bonchev–Trinajstić information content (AvgIpc) is 2.40. The number of carboxylic acids is 1. The average molecular weight is 314 g/mol. The molecule has 0 atom stereocenters. The van der Waals surface area contributed by atoms with Gasteiger partial charge in [-0.3, -0.25) is 4.79 Å². The third-order valence-corrected chi connectivity index (χ3v) is 4.13. The van der Waals surface area contributed by atoms with Crippen molar-refractivity contribution in [3.05, 3.63) is 11.6 Å². The van der Waals surface area contributed by atoms with E-state index in [1.165, 1.54) is 25.7 Å². The van der Waals surface area contributed by atoms with E-state index in [0.29, 0.717) is 16.1 Å². The molecule has 1 N–H and O–H groups in total. The summed E-state index contributed by atoms with van der Waals surface area (Å²) in [5.41, 5.74) is -0.363. The number of allylic oxidation sites excluding steroid dienone is 1. The van der Waals surface area contributed by atoms with E-state index in [0.717, 1.165) is 19.3 Å². The number of unbranched alkanes of at least 4 members (excludes halogenated alkanes) is 6. The summed E-state index contributed by atoms with van der Waals surface area (Å²) < 4.78 is 4.78. The largest absolute Gasteiger partial charge is 0.529 e. The number of carbonyl (C=O) groups is 2. The molecule has 0 radical (unpaired) electrons. The number of carbonyl (C=O) groups excluding carboxylic acids is 1. The second-order valence-electron chi connectivity index (χ2n) is 6.12. The molecular formula is C16H30O4Si. The predicted molar refractivity (Wildman–Crippen MR) is 88.1 cm³/mol. The van der Waals surface area contributed by atoms with Gasteiger partial charge in [-0.05, 0) is 12.8 Å². The fourth-order valence-electron chi connectivity index (χ4n) is 2.35. The Balaban J connectivity index is 4.43. The first kappa shape index (κ1) is 19.9. The molecule has 0 unspecified atom stereocenters. The summed E-state index contributed by atoms with van der Waals surface area (Å²) in [5.74, 6) is -1.26. The lowest BCUT2D eigenvalue weighted by molar-refractivity contribution is -0.137. The summed E-state index contributed by atoms with van der Waals surface area (Å²) in [5, 5.41) is 9.36. The molecule has 0 aliphatic carbocycles. The van der Waals surface area contributed by atoms with Crippen LogP contribution in [0.1, 0.15) is 72.1 Å². The Morgan fingerprint density at radius 3 is 2.24 bits per heavy atom. The third kappa shape index (κ3) is 8.70. The molecule has 0 aromatic rings. The maximum atomic E-state index is 11.4. The van der Waals surface area contributed by atoms with Gasteiger partial charge in [-0.1, -0.05) is 59.0 Å². The zero-order chi connectivity index (χ0) is 16.3. The first-order valence-corrected chi connectivity index (χ1v) is 8.67. The Bertz CT molecular complexity index is 361. The molecule has 0 heterocycles. The maximum absolute atomic E-state index is 11.4. The van der Waals surface area contributed by atoms with Crippen LogP contribution in [0.3, 0.4) is 0 Å². The molecule has 5 heteroatoms. The molecule has 0 fully saturated rings. The van der Waals surface area contributed by atoms with E-state index in [9.17, 15) is 14.7 Å². The number of hydrogen-bond acceptors (Lipinski definition) is 3. The standard InChI is InChI=1S/C16H30O4Si/c1-4-5-6-7-8-9-10-11-13(15(18)19)16(2,3)12-14(17)20-21/h11H,4-10,12H2,1-3,21H3,(H,18,19). The summed E-state index contributed by atoms with van der Waals surface area (Å²) in [6.45, 7) is 5.76. The van der Waals surface area contributed by atoms with Crippen molar-refractivity contribution < 1.29 is 19.1 Å². The monoisotopic (exact) mass is 314 g/mol. The van der Waals surface area contributed by atoms with Gasteiger partial charge in [-0.15, -0.1) is 0 Å². The van der Waals surface area contributed by atoms with Gasteiger partial charge in [-0.25, -0.2) is 4.79 Å². The molecule has 0 aliphatic rings. The maximum Gasteiger partial charge on any atom is 0.331 e. The van der Waals surface area contributed by atoms with Gasteiger partial charge in [0, 0.05) is 11.0 Å². The molecule has 0 rings (SSSR count). The van der Waals surface area contributed by atoms with E-state index in [1.807, 2.05) is 0 Å². The smallest absolute Gasteiger partial charge is 0.331 e. The van der Waals surface area contributed by atoms with Crippen LogP contribution in [-0.4, -0.2) is 27.5 Å². The highest BCUT2D eigenvalue weighted by Gasteiger charge is 2.31. The highest BCUT2D eigenvalue weighted by Crippen LogP contribution is 2.31. The summed E-state index contributed by atoms with van der Waals surface area (Å²) in [6.07, 6.45) is 9.75. The zero-order valence-electron chi connectivity index (χ0n) is 13.9. The number of carboxylic acid groups (broad SMARTS) is 1. The SMILES string of the molecule is CCCCCCCCC=C(C(=O)O)C(C)(C)CC(=O)O[SiH3]. The van der Waals surface area contributed by atoms with Crippen molar-refractivity contribution in [1.82, 2.24) is 0 Å². The molecule has 0 aliphatic heterocycles. The van der Waals surface area contributed by atoms with Gasteiger partial charge in [0.1, 0.15) is 0 Å². The minimum absolute atomic E-state index is 0.116. The minimum atomic E-state index is -0.938. The van der Waals surface area contributed by atoms with Crippen molar-refractivity contribution in [2.24, 2.45) is 5.41 Å². The first-order chi connectivity index (χ1) is 9.85. The summed E-state index contributed by atoms with van der Waals surface area (Å²) in [4.78, 5) is 22.8. The van der Waals surface area contributed by atoms with Gasteiger partial charge >= 0.3 is 5.97 Å². The van der Waals surface area contributed by atoms with Crippen molar-refractivity contribution >= 4 is 22.4 Å². The lowest BCUT2D eigenvalue weighted by Gasteiger charge is -2.24. The summed E-state index contributed by atoms with van der Waals surface area (Å²) in [7, 11) is 0.346. The summed E-state index contributed by atoms with van der Waals surface area (Å²) in [6, 6.07) is 0. The van der Waals surface area contributed by atoms with Gasteiger partial charge in [0.15, 0.2) is 0 Å². The lowest BCUT2D eigenvalue weighted by Crippen LogP contribution is -2.25. The topological polar surface area (TPSA) is 63.6 Å². The predicted octanol–water partition coefficient (Wildman–Crippen LogP) is 2.99. The number of rotatable bonds is 11. The molecule has 4 nitrogen and oxygen atoms in total. The Morgan fingerprint density at radius 2 is 1.71 bits per heavy atom. The molecular weight excluding hydrogens is 284 g/mol. The molecule has 0 spiro atoms. The van der Waals surface area contributed by atoms with Crippen LogP contribution in [0.2, 0.25) is 0 Å². The van der Waals surface area contributed by atoms with Gasteiger partial charge in [-0.2, -0.15) is 0 Å². The van der Waals surface area contributed by atoms with E-state index in [4.69, 9.17) is 4.43 Å². The fraction of sp³-hybridized carbons (Fsp3) is 0.750. The van der Waals surface area contributed by atoms with Gasteiger partial charge in [0.25, 0.3) is 5.97 Å². The van der Waals surface area contributed by atoms with Crippen LogP contribution in [-0.2, 0) is 14.0 Å². The molecule has 0 saturated carbocycles.